The van der Waals surface area contributed by atoms with Crippen molar-refractivity contribution >= 4 is 0 Å². The van der Waals surface area contributed by atoms with Gasteiger partial charge >= 0.3 is 0 Å². The molecule has 1 aliphatic heterocycles. The van der Waals surface area contributed by atoms with Gasteiger partial charge in [-0.3, -0.25) is 0 Å². The molecule has 13 heavy (non-hydrogen) atoms. The second-order valence-corrected chi connectivity index (χ2v) is 5.31. The third kappa shape index (κ3) is 2.98. The number of hydrogen-bond acceptors (Lipinski definition) is 1. The van der Waals surface area contributed by atoms with Crippen molar-refractivity contribution in [3.8, 4) is 0 Å². The van der Waals surface area contributed by atoms with Gasteiger partial charge in [-0.1, -0.05) is 40.5 Å². The number of hydrogen-bond donors (Lipinski definition) is 1. The maximum absolute atomic E-state index is 3.68. The molecule has 0 amide bonds. The maximum atomic E-state index is 3.68. The molecule has 0 aromatic heterocycles. The average molecular weight is 183 g/mol. The molecule has 0 aliphatic carbocycles. The van der Waals surface area contributed by atoms with Crippen LogP contribution in [-0.2, 0) is 0 Å². The van der Waals surface area contributed by atoms with E-state index in [4.69, 9.17) is 0 Å². The van der Waals surface area contributed by atoms with Crippen molar-refractivity contribution in [3.05, 3.63) is 0 Å². The van der Waals surface area contributed by atoms with Gasteiger partial charge in [0.1, 0.15) is 0 Å². The fraction of sp³-hybridized carbons (Fsp3) is 1.00. The van der Waals surface area contributed by atoms with Gasteiger partial charge in [-0.05, 0) is 24.2 Å². The van der Waals surface area contributed by atoms with Gasteiger partial charge in [0.05, 0.1) is 0 Å². The van der Waals surface area contributed by atoms with E-state index in [1.165, 1.54) is 32.2 Å². The van der Waals surface area contributed by atoms with Crippen molar-refractivity contribution < 1.29 is 0 Å². The lowest BCUT2D eigenvalue weighted by Gasteiger charge is -2.23. The van der Waals surface area contributed by atoms with E-state index in [1.54, 1.807) is 0 Å². The Morgan fingerprint density at radius 1 is 1.38 bits per heavy atom. The minimum absolute atomic E-state index is 0.534. The zero-order valence-electron chi connectivity index (χ0n) is 9.69. The molecule has 2 atom stereocenters. The predicted molar refractivity (Wildman–Crippen MR) is 58.9 cm³/mol. The molecular weight excluding hydrogens is 158 g/mol. The van der Waals surface area contributed by atoms with Crippen molar-refractivity contribution in [2.45, 2.75) is 59.4 Å². The lowest BCUT2D eigenvalue weighted by Crippen LogP contribution is -2.29. The highest BCUT2D eigenvalue weighted by atomic mass is 15.0. The minimum Gasteiger partial charge on any atom is -0.313 e. The van der Waals surface area contributed by atoms with Crippen LogP contribution in [0.5, 0.6) is 0 Å². The molecule has 0 aromatic rings. The highest BCUT2D eigenvalue weighted by Gasteiger charge is 2.33. The van der Waals surface area contributed by atoms with Gasteiger partial charge in [0.25, 0.3) is 0 Å². The largest absolute Gasteiger partial charge is 0.313 e. The van der Waals surface area contributed by atoms with Crippen molar-refractivity contribution in [1.29, 1.82) is 0 Å². The lowest BCUT2D eigenvalue weighted by atomic mass is 9.84. The van der Waals surface area contributed by atoms with Gasteiger partial charge in [0.2, 0.25) is 0 Å². The normalized spacial score (nSPS) is 29.1. The van der Waals surface area contributed by atoms with E-state index in [1.807, 2.05) is 0 Å². The summed E-state index contributed by atoms with van der Waals surface area (Å²) in [4.78, 5) is 0. The molecule has 0 bridgehead atoms. The Labute approximate surface area is 83.3 Å². The van der Waals surface area contributed by atoms with Gasteiger partial charge in [-0.25, -0.2) is 0 Å². The summed E-state index contributed by atoms with van der Waals surface area (Å²) in [6, 6.07) is 0.792. The molecule has 1 rings (SSSR count). The summed E-state index contributed by atoms with van der Waals surface area (Å²) in [6.45, 7) is 10.6. The molecule has 0 spiro atoms. The van der Waals surface area contributed by atoms with Crippen LogP contribution in [0.4, 0.5) is 0 Å². The topological polar surface area (TPSA) is 12.0 Å². The van der Waals surface area contributed by atoms with E-state index in [0.717, 1.165) is 12.0 Å². The van der Waals surface area contributed by atoms with E-state index in [-0.39, 0.29) is 0 Å². The van der Waals surface area contributed by atoms with Crippen LogP contribution in [0.25, 0.3) is 0 Å². The van der Waals surface area contributed by atoms with Gasteiger partial charge in [0, 0.05) is 12.6 Å². The second-order valence-electron chi connectivity index (χ2n) is 5.31. The van der Waals surface area contributed by atoms with E-state index in [2.05, 4.69) is 33.0 Å². The minimum atomic E-state index is 0.534. The Bertz CT molecular complexity index is 151. The highest BCUT2D eigenvalue weighted by Crippen LogP contribution is 2.32. The number of rotatable bonds is 4. The summed E-state index contributed by atoms with van der Waals surface area (Å²) in [7, 11) is 0. The highest BCUT2D eigenvalue weighted by molar-refractivity contribution is 4.90. The molecule has 1 heteroatoms. The summed E-state index contributed by atoms with van der Waals surface area (Å²) >= 11 is 0. The molecule has 0 saturated carbocycles. The molecule has 1 nitrogen and oxygen atoms in total. The SMILES string of the molecule is CCCC(CC)C1CC(C)(C)CN1. The maximum Gasteiger partial charge on any atom is 0.0101 e. The Balaban J connectivity index is 2.43. The van der Waals surface area contributed by atoms with E-state index < -0.39 is 0 Å². The Kier molecular flexibility index (Phi) is 3.78. The molecule has 1 heterocycles. The first kappa shape index (κ1) is 11.0. The Hall–Kier alpha value is -0.0400. The predicted octanol–water partition coefficient (Wildman–Crippen LogP) is 3.20. The summed E-state index contributed by atoms with van der Waals surface area (Å²) in [5, 5.41) is 3.68. The molecule has 1 aliphatic rings. The van der Waals surface area contributed by atoms with Gasteiger partial charge in [0.15, 0.2) is 0 Å². The molecule has 0 radical (unpaired) electrons. The number of nitrogens with one attached hydrogen (secondary N) is 1. The second kappa shape index (κ2) is 4.45. The van der Waals surface area contributed by atoms with Crippen molar-refractivity contribution in [2.24, 2.45) is 11.3 Å². The van der Waals surface area contributed by atoms with Crippen LogP contribution >= 0.6 is 0 Å². The molecule has 1 saturated heterocycles. The Morgan fingerprint density at radius 2 is 2.08 bits per heavy atom. The van der Waals surface area contributed by atoms with Crippen LogP contribution in [0.3, 0.4) is 0 Å². The van der Waals surface area contributed by atoms with E-state index >= 15 is 0 Å². The molecular formula is C12H25N. The first-order valence-corrected chi connectivity index (χ1v) is 5.82. The fourth-order valence-corrected chi connectivity index (χ4v) is 2.54. The van der Waals surface area contributed by atoms with Gasteiger partial charge in [-0.15, -0.1) is 0 Å². The monoisotopic (exact) mass is 183 g/mol. The summed E-state index contributed by atoms with van der Waals surface area (Å²) in [5.41, 5.74) is 0.534. The van der Waals surface area contributed by atoms with E-state index in [0.29, 0.717) is 5.41 Å². The van der Waals surface area contributed by atoms with Crippen LogP contribution in [0, 0.1) is 11.3 Å². The average Bonchev–Trinajstić information content (AvgIpc) is 2.42. The van der Waals surface area contributed by atoms with Crippen LogP contribution in [0.1, 0.15) is 53.4 Å². The van der Waals surface area contributed by atoms with Crippen LogP contribution in [0.15, 0.2) is 0 Å². The summed E-state index contributed by atoms with van der Waals surface area (Å²) < 4.78 is 0. The van der Waals surface area contributed by atoms with E-state index in [9.17, 15) is 0 Å². The molecule has 1 fully saturated rings. The van der Waals surface area contributed by atoms with Crippen LogP contribution in [0.2, 0.25) is 0 Å². The van der Waals surface area contributed by atoms with Crippen molar-refractivity contribution in [3.63, 3.8) is 0 Å². The molecule has 2 unspecified atom stereocenters. The molecule has 1 N–H and O–H groups in total. The fourth-order valence-electron chi connectivity index (χ4n) is 2.54. The summed E-state index contributed by atoms with van der Waals surface area (Å²) in [6.07, 6.45) is 5.43. The van der Waals surface area contributed by atoms with Crippen molar-refractivity contribution in [2.75, 3.05) is 6.54 Å². The molecule has 78 valence electrons. The smallest absolute Gasteiger partial charge is 0.0101 e. The first-order chi connectivity index (χ1) is 6.09. The van der Waals surface area contributed by atoms with Gasteiger partial charge in [-0.2, -0.15) is 0 Å². The third-order valence-electron chi connectivity index (χ3n) is 3.37. The zero-order chi connectivity index (χ0) is 9.90. The van der Waals surface area contributed by atoms with Gasteiger partial charge < -0.3 is 5.32 Å². The Morgan fingerprint density at radius 3 is 2.46 bits per heavy atom. The van der Waals surface area contributed by atoms with Crippen LogP contribution < -0.4 is 5.32 Å². The summed E-state index contributed by atoms with van der Waals surface area (Å²) in [5.74, 6) is 0.909. The third-order valence-corrected chi connectivity index (χ3v) is 3.37. The quantitative estimate of drug-likeness (QED) is 0.706. The standard InChI is InChI=1S/C12H25N/c1-5-7-10(6-2)11-8-12(3,4)9-13-11/h10-11,13H,5-9H2,1-4H3. The van der Waals surface area contributed by atoms with Crippen molar-refractivity contribution in [1.82, 2.24) is 5.32 Å². The molecule has 0 aromatic carbocycles. The zero-order valence-corrected chi connectivity index (χ0v) is 9.69. The lowest BCUT2D eigenvalue weighted by molar-refractivity contribution is 0.325. The van der Waals surface area contributed by atoms with Crippen LogP contribution in [-0.4, -0.2) is 12.6 Å². The first-order valence-electron chi connectivity index (χ1n) is 5.82.